The first-order valence-electron chi connectivity index (χ1n) is 7.81. The third kappa shape index (κ3) is 4.30. The van der Waals surface area contributed by atoms with Crippen molar-refractivity contribution < 1.29 is 8.81 Å². The molecule has 0 saturated heterocycles. The second kappa shape index (κ2) is 8.30. The molecule has 0 bridgehead atoms. The van der Waals surface area contributed by atoms with E-state index in [9.17, 15) is 4.39 Å². The number of rotatable bonds is 8. The Kier molecular flexibility index (Phi) is 6.12. The molecule has 2 aromatic rings. The number of hydrogen-bond acceptors (Lipinski definition) is 5. The number of anilines is 1. The molecule has 0 fully saturated rings. The Balaban J connectivity index is 2.03. The Morgan fingerprint density at radius 1 is 1.30 bits per heavy atom. The zero-order valence-electron chi connectivity index (χ0n) is 13.5. The van der Waals surface area contributed by atoms with Crippen LogP contribution in [0.1, 0.15) is 26.0 Å². The van der Waals surface area contributed by atoms with Crippen molar-refractivity contribution in [3.63, 3.8) is 0 Å². The summed E-state index contributed by atoms with van der Waals surface area (Å²) in [6, 6.07) is 8.19. The number of halogens is 1. The highest BCUT2D eigenvalue weighted by Crippen LogP contribution is 2.27. The zero-order valence-corrected chi connectivity index (χ0v) is 13.5. The maximum absolute atomic E-state index is 13.8. The van der Waals surface area contributed by atoms with E-state index in [1.54, 1.807) is 18.2 Å². The van der Waals surface area contributed by atoms with Crippen molar-refractivity contribution in [3.05, 3.63) is 35.8 Å². The van der Waals surface area contributed by atoms with Crippen LogP contribution in [0.4, 0.5) is 10.3 Å². The van der Waals surface area contributed by atoms with Gasteiger partial charge in [0.15, 0.2) is 0 Å². The Hall–Kier alpha value is -2.39. The van der Waals surface area contributed by atoms with Gasteiger partial charge in [0.2, 0.25) is 17.5 Å². The number of aromatic nitrogens is 1. The SMILES string of the molecule is CCN(CC)CCCNc1oc(-c2ccccc2F)nc1C#N. The summed E-state index contributed by atoms with van der Waals surface area (Å²) in [4.78, 5) is 6.38. The Morgan fingerprint density at radius 3 is 2.70 bits per heavy atom. The summed E-state index contributed by atoms with van der Waals surface area (Å²) in [5, 5.41) is 12.2. The number of nitrogens with one attached hydrogen (secondary N) is 1. The van der Waals surface area contributed by atoms with Crippen LogP contribution in [0, 0.1) is 17.1 Å². The summed E-state index contributed by atoms with van der Waals surface area (Å²) in [6.07, 6.45) is 0.919. The molecule has 0 saturated carbocycles. The molecular weight excluding hydrogens is 295 g/mol. The average Bonchev–Trinajstić information content (AvgIpc) is 2.98. The summed E-state index contributed by atoms with van der Waals surface area (Å²) in [5.74, 6) is -0.0116. The summed E-state index contributed by atoms with van der Waals surface area (Å²) in [7, 11) is 0. The molecule has 0 amide bonds. The van der Waals surface area contributed by atoms with Gasteiger partial charge in [-0.3, -0.25) is 0 Å². The van der Waals surface area contributed by atoms with Crippen LogP contribution in [0.15, 0.2) is 28.7 Å². The maximum Gasteiger partial charge on any atom is 0.233 e. The Labute approximate surface area is 135 Å². The number of hydrogen-bond donors (Lipinski definition) is 1. The van der Waals surface area contributed by atoms with E-state index in [4.69, 9.17) is 9.68 Å². The summed E-state index contributed by atoms with van der Waals surface area (Å²) < 4.78 is 19.3. The van der Waals surface area contributed by atoms with Crippen LogP contribution in [0.3, 0.4) is 0 Å². The molecule has 0 aliphatic heterocycles. The lowest BCUT2D eigenvalue weighted by Crippen LogP contribution is -2.25. The van der Waals surface area contributed by atoms with Crippen molar-refractivity contribution in [1.82, 2.24) is 9.88 Å². The van der Waals surface area contributed by atoms with Gasteiger partial charge in [-0.1, -0.05) is 26.0 Å². The second-order valence-electron chi connectivity index (χ2n) is 5.10. The molecule has 1 N–H and O–H groups in total. The lowest BCUT2D eigenvalue weighted by atomic mass is 10.2. The smallest absolute Gasteiger partial charge is 0.233 e. The summed E-state index contributed by atoms with van der Waals surface area (Å²) in [5.41, 5.74) is 0.395. The lowest BCUT2D eigenvalue weighted by Gasteiger charge is -2.17. The molecule has 0 atom stereocenters. The van der Waals surface area contributed by atoms with Gasteiger partial charge in [-0.05, 0) is 38.2 Å². The molecule has 122 valence electrons. The Morgan fingerprint density at radius 2 is 2.04 bits per heavy atom. The third-order valence-electron chi connectivity index (χ3n) is 3.67. The van der Waals surface area contributed by atoms with Gasteiger partial charge in [0.1, 0.15) is 11.9 Å². The van der Waals surface area contributed by atoms with Gasteiger partial charge in [0, 0.05) is 6.54 Å². The highest BCUT2D eigenvalue weighted by atomic mass is 19.1. The van der Waals surface area contributed by atoms with Crippen LogP contribution in [0.2, 0.25) is 0 Å². The van der Waals surface area contributed by atoms with Crippen LogP contribution in [-0.2, 0) is 0 Å². The molecular formula is C17H21FN4O. The molecule has 0 aliphatic carbocycles. The first-order valence-corrected chi connectivity index (χ1v) is 7.81. The lowest BCUT2D eigenvalue weighted by molar-refractivity contribution is 0.302. The van der Waals surface area contributed by atoms with E-state index < -0.39 is 5.82 Å². The van der Waals surface area contributed by atoms with Crippen LogP contribution >= 0.6 is 0 Å². The van der Waals surface area contributed by atoms with Crippen molar-refractivity contribution in [2.45, 2.75) is 20.3 Å². The fraction of sp³-hybridized carbons (Fsp3) is 0.412. The molecule has 0 aliphatic rings. The highest BCUT2D eigenvalue weighted by Gasteiger charge is 2.16. The molecule has 1 heterocycles. The standard InChI is InChI=1S/C17H21FN4O/c1-3-22(4-2)11-7-10-20-17-15(12-19)21-16(23-17)13-8-5-6-9-14(13)18/h5-6,8-9,20H,3-4,7,10-11H2,1-2H3. The van der Waals surface area contributed by atoms with Gasteiger partial charge < -0.3 is 14.6 Å². The minimum absolute atomic E-state index is 0.117. The summed E-state index contributed by atoms with van der Waals surface area (Å²) in [6.45, 7) is 7.91. The van der Waals surface area contributed by atoms with Gasteiger partial charge in [-0.25, -0.2) is 4.39 Å². The van der Waals surface area contributed by atoms with E-state index in [-0.39, 0.29) is 17.1 Å². The topological polar surface area (TPSA) is 65.1 Å². The fourth-order valence-electron chi connectivity index (χ4n) is 2.31. The van der Waals surface area contributed by atoms with E-state index in [1.165, 1.54) is 6.07 Å². The van der Waals surface area contributed by atoms with Gasteiger partial charge >= 0.3 is 0 Å². The first kappa shape index (κ1) is 17.0. The molecule has 0 unspecified atom stereocenters. The number of oxazole rings is 1. The minimum atomic E-state index is -0.425. The molecule has 0 spiro atoms. The maximum atomic E-state index is 13.8. The molecule has 1 aromatic carbocycles. The van der Waals surface area contributed by atoms with Gasteiger partial charge in [-0.15, -0.1) is 0 Å². The van der Waals surface area contributed by atoms with E-state index in [2.05, 4.69) is 29.0 Å². The minimum Gasteiger partial charge on any atom is -0.419 e. The predicted molar refractivity (Wildman–Crippen MR) is 87.5 cm³/mol. The van der Waals surface area contributed by atoms with Gasteiger partial charge in [0.25, 0.3) is 0 Å². The van der Waals surface area contributed by atoms with E-state index in [0.29, 0.717) is 12.4 Å². The number of nitrogens with zero attached hydrogens (tertiary/aromatic N) is 3. The second-order valence-corrected chi connectivity index (χ2v) is 5.10. The monoisotopic (exact) mass is 316 g/mol. The van der Waals surface area contributed by atoms with Crippen LogP contribution in [0.25, 0.3) is 11.5 Å². The highest BCUT2D eigenvalue weighted by molar-refractivity contribution is 5.59. The van der Waals surface area contributed by atoms with E-state index in [0.717, 1.165) is 26.1 Å². The van der Waals surface area contributed by atoms with Crippen molar-refractivity contribution in [2.75, 3.05) is 31.5 Å². The predicted octanol–water partition coefficient (Wildman–Crippen LogP) is 3.50. The fourth-order valence-corrected chi connectivity index (χ4v) is 2.31. The van der Waals surface area contributed by atoms with E-state index in [1.807, 2.05) is 6.07 Å². The van der Waals surface area contributed by atoms with Crippen molar-refractivity contribution in [1.29, 1.82) is 5.26 Å². The van der Waals surface area contributed by atoms with E-state index >= 15 is 0 Å². The zero-order chi connectivity index (χ0) is 16.7. The molecule has 5 nitrogen and oxygen atoms in total. The number of benzene rings is 1. The van der Waals surface area contributed by atoms with Crippen molar-refractivity contribution in [2.24, 2.45) is 0 Å². The molecule has 6 heteroatoms. The van der Waals surface area contributed by atoms with Crippen molar-refractivity contribution in [3.8, 4) is 17.5 Å². The third-order valence-corrected chi connectivity index (χ3v) is 3.67. The van der Waals surface area contributed by atoms with Crippen LogP contribution < -0.4 is 5.32 Å². The van der Waals surface area contributed by atoms with Crippen molar-refractivity contribution >= 4 is 5.88 Å². The Bertz CT molecular complexity index is 673. The first-order chi connectivity index (χ1) is 11.2. The van der Waals surface area contributed by atoms with Gasteiger partial charge in [0.05, 0.1) is 5.56 Å². The quantitative estimate of drug-likeness (QED) is 0.755. The summed E-state index contributed by atoms with van der Waals surface area (Å²) >= 11 is 0. The number of nitriles is 1. The molecule has 23 heavy (non-hydrogen) atoms. The molecule has 2 rings (SSSR count). The van der Waals surface area contributed by atoms with Gasteiger partial charge in [-0.2, -0.15) is 10.2 Å². The van der Waals surface area contributed by atoms with Crippen LogP contribution in [-0.4, -0.2) is 36.1 Å². The van der Waals surface area contributed by atoms with Crippen LogP contribution in [0.5, 0.6) is 0 Å². The normalized spacial score (nSPS) is 10.7. The average molecular weight is 316 g/mol. The molecule has 1 aromatic heterocycles. The molecule has 0 radical (unpaired) electrons. The largest absolute Gasteiger partial charge is 0.419 e.